The van der Waals surface area contributed by atoms with Crippen LogP contribution in [0.3, 0.4) is 0 Å². The second-order valence-corrected chi connectivity index (χ2v) is 17.7. The maximum Gasteiger partial charge on any atom is -0.00381 e. The maximum atomic E-state index is 2.40. The van der Waals surface area contributed by atoms with Crippen molar-refractivity contribution >= 4 is 55.6 Å². The molecule has 0 aliphatic carbocycles. The molecule has 0 saturated heterocycles. The first-order valence-electron chi connectivity index (χ1n) is 14.9. The van der Waals surface area contributed by atoms with Crippen LogP contribution in [0.4, 0.5) is 0 Å². The van der Waals surface area contributed by atoms with E-state index in [0.29, 0.717) is 5.66 Å². The third-order valence-corrected chi connectivity index (χ3v) is 16.7. The summed E-state index contributed by atoms with van der Waals surface area (Å²) in [4.78, 5) is 0. The van der Waals surface area contributed by atoms with Gasteiger partial charge in [0.05, 0.1) is 0 Å². The Balaban J connectivity index is 1.53. The van der Waals surface area contributed by atoms with Gasteiger partial charge in [0.1, 0.15) is 0 Å². The lowest BCUT2D eigenvalue weighted by atomic mass is 10.2. The Hall–Kier alpha value is -3.39. The molecule has 6 aromatic rings. The van der Waals surface area contributed by atoms with Gasteiger partial charge in [-0.25, -0.2) is 0 Å². The van der Waals surface area contributed by atoms with Crippen LogP contribution in [0.1, 0.15) is 5.56 Å². The zero-order valence-corrected chi connectivity index (χ0v) is 27.3. The molecule has 0 aliphatic heterocycles. The summed E-state index contributed by atoms with van der Waals surface area (Å²) in [5.41, 5.74) is 1.88. The van der Waals surface area contributed by atoms with E-state index in [1.54, 1.807) is 0 Å². The molecule has 3 heteroatoms. The molecular weight excluding hydrogens is 573 g/mol. The number of hydrogen-bond donors (Lipinski definition) is 0. The average Bonchev–Trinajstić information content (AvgIpc) is 3.08. The summed E-state index contributed by atoms with van der Waals surface area (Å²) in [7, 11) is -1.74. The molecule has 0 fully saturated rings. The summed E-state index contributed by atoms with van der Waals surface area (Å²) in [5.74, 6) is 0. The molecule has 0 spiro atoms. The summed E-state index contributed by atoms with van der Waals surface area (Å²) in [5, 5.41) is 8.84. The van der Waals surface area contributed by atoms with Gasteiger partial charge in [-0.05, 0) is 86.1 Å². The molecule has 0 saturated carbocycles. The van der Waals surface area contributed by atoms with Crippen LogP contribution in [0.25, 0.3) is 0 Å². The minimum atomic E-state index is -0.629. The smallest absolute Gasteiger partial charge is 0.00381 e. The van der Waals surface area contributed by atoms with Gasteiger partial charge in [-0.15, -0.1) is 0 Å². The van der Waals surface area contributed by atoms with Crippen LogP contribution in [-0.4, -0.2) is 18.0 Å². The van der Waals surface area contributed by atoms with E-state index in [-0.39, 0.29) is 0 Å². The van der Waals surface area contributed by atoms with Gasteiger partial charge in [0.2, 0.25) is 0 Å². The second kappa shape index (κ2) is 14.9. The monoisotopic (exact) mass is 610 g/mol. The van der Waals surface area contributed by atoms with Gasteiger partial charge in [-0.1, -0.05) is 176 Å². The largest absolute Gasteiger partial charge is 0.0622 e. The Morgan fingerprint density at radius 2 is 0.674 bits per heavy atom. The first-order chi connectivity index (χ1) is 21.3. The van der Waals surface area contributed by atoms with Gasteiger partial charge < -0.3 is 0 Å². The Bertz CT molecular complexity index is 1510. The first kappa shape index (κ1) is 29.7. The number of hydrogen-bond acceptors (Lipinski definition) is 0. The van der Waals surface area contributed by atoms with Crippen molar-refractivity contribution in [1.82, 2.24) is 0 Å². The Kier molecular flexibility index (Phi) is 10.3. The zero-order valence-electron chi connectivity index (χ0n) is 24.6. The van der Waals surface area contributed by atoms with Crippen LogP contribution < -0.4 is 31.8 Å². The molecule has 212 valence electrons. The fourth-order valence-electron chi connectivity index (χ4n) is 5.76. The molecular formula is C40H37P3. The van der Waals surface area contributed by atoms with Crippen molar-refractivity contribution in [3.63, 3.8) is 0 Å². The second-order valence-electron chi connectivity index (χ2n) is 10.7. The van der Waals surface area contributed by atoms with Crippen LogP contribution in [0.15, 0.2) is 176 Å². The van der Waals surface area contributed by atoms with E-state index < -0.39 is 23.8 Å². The van der Waals surface area contributed by atoms with Gasteiger partial charge >= 0.3 is 0 Å². The summed E-state index contributed by atoms with van der Waals surface area (Å²) in [6.45, 7) is 2.30. The molecule has 0 aromatic heterocycles. The molecule has 0 N–H and O–H groups in total. The van der Waals surface area contributed by atoms with Gasteiger partial charge in [0, 0.05) is 0 Å². The fourth-order valence-corrected chi connectivity index (χ4v) is 15.2. The van der Waals surface area contributed by atoms with Crippen molar-refractivity contribution in [3.8, 4) is 0 Å². The van der Waals surface area contributed by atoms with Crippen LogP contribution in [0.2, 0.25) is 0 Å². The van der Waals surface area contributed by atoms with Gasteiger partial charge in [0.15, 0.2) is 0 Å². The van der Waals surface area contributed by atoms with E-state index in [0.717, 1.165) is 12.3 Å². The molecule has 0 heterocycles. The molecule has 6 rings (SSSR count). The minimum Gasteiger partial charge on any atom is -0.0622 e. The Morgan fingerprint density at radius 1 is 0.372 bits per heavy atom. The molecule has 0 nitrogen and oxygen atoms in total. The van der Waals surface area contributed by atoms with Crippen molar-refractivity contribution in [1.29, 1.82) is 0 Å². The third-order valence-electron chi connectivity index (χ3n) is 7.83. The highest BCUT2D eigenvalue weighted by Crippen LogP contribution is 2.51. The van der Waals surface area contributed by atoms with Crippen LogP contribution in [-0.2, 0) is 0 Å². The summed E-state index contributed by atoms with van der Waals surface area (Å²) >= 11 is 0. The van der Waals surface area contributed by atoms with Crippen molar-refractivity contribution in [2.45, 2.75) is 12.6 Å². The summed E-state index contributed by atoms with van der Waals surface area (Å²) < 4.78 is 0. The SMILES string of the molecule is Cc1ccccc1P(c1ccccc1)C(CP(c1ccccc1)c1ccccc1)CP(c1ccccc1)c1ccccc1. The van der Waals surface area contributed by atoms with Crippen molar-refractivity contribution < 1.29 is 0 Å². The lowest BCUT2D eigenvalue weighted by Gasteiger charge is -2.35. The molecule has 0 amide bonds. The minimum absolute atomic E-state index is 0.483. The first-order valence-corrected chi connectivity index (χ1v) is 19.4. The van der Waals surface area contributed by atoms with Crippen LogP contribution in [0, 0.1) is 6.92 Å². The van der Waals surface area contributed by atoms with E-state index in [9.17, 15) is 0 Å². The lowest BCUT2D eigenvalue weighted by Crippen LogP contribution is -2.32. The Labute approximate surface area is 261 Å². The average molecular weight is 611 g/mol. The predicted molar refractivity (Wildman–Crippen MR) is 195 cm³/mol. The number of aryl methyl sites for hydroxylation is 1. The maximum absolute atomic E-state index is 2.40. The summed E-state index contributed by atoms with van der Waals surface area (Å²) in [6.07, 6.45) is 2.30. The highest BCUT2D eigenvalue weighted by atomic mass is 31.1. The highest BCUT2D eigenvalue weighted by Gasteiger charge is 2.32. The fraction of sp³-hybridized carbons (Fsp3) is 0.100. The van der Waals surface area contributed by atoms with E-state index in [2.05, 4.69) is 183 Å². The zero-order chi connectivity index (χ0) is 29.3. The van der Waals surface area contributed by atoms with Crippen molar-refractivity contribution in [2.24, 2.45) is 0 Å². The van der Waals surface area contributed by atoms with Gasteiger partial charge in [-0.2, -0.15) is 0 Å². The van der Waals surface area contributed by atoms with E-state index in [1.165, 1.54) is 37.4 Å². The van der Waals surface area contributed by atoms with Crippen LogP contribution in [0.5, 0.6) is 0 Å². The molecule has 0 aliphatic rings. The molecule has 0 bridgehead atoms. The van der Waals surface area contributed by atoms with Gasteiger partial charge in [0.25, 0.3) is 0 Å². The molecule has 43 heavy (non-hydrogen) atoms. The molecule has 0 radical (unpaired) electrons. The molecule has 1 atom stereocenters. The number of benzene rings is 6. The van der Waals surface area contributed by atoms with Crippen molar-refractivity contribution in [2.75, 3.05) is 12.3 Å². The van der Waals surface area contributed by atoms with E-state index in [1.807, 2.05) is 0 Å². The normalized spacial score (nSPS) is 12.1. The lowest BCUT2D eigenvalue weighted by molar-refractivity contribution is 1.12. The molecule has 6 aromatic carbocycles. The highest BCUT2D eigenvalue weighted by molar-refractivity contribution is 7.79. The standard InChI is InChI=1S/C40H37P3/c1-33-19-17-18-30-40(33)43(38-28-15-6-16-29-38)39(31-41(34-20-7-2-8-21-34)35-22-9-3-10-23-35)32-42(36-24-11-4-12-25-36)37-26-13-5-14-27-37/h2-30,39H,31-32H2,1H3. The van der Waals surface area contributed by atoms with E-state index in [4.69, 9.17) is 0 Å². The van der Waals surface area contributed by atoms with Crippen LogP contribution >= 0.6 is 23.8 Å². The summed E-state index contributed by atoms with van der Waals surface area (Å²) in [6, 6.07) is 65.6. The predicted octanol–water partition coefficient (Wildman–Crippen LogP) is 8.06. The molecule has 1 unspecified atom stereocenters. The van der Waals surface area contributed by atoms with E-state index >= 15 is 0 Å². The Morgan fingerprint density at radius 3 is 1.02 bits per heavy atom. The topological polar surface area (TPSA) is 0 Å². The number of rotatable bonds is 11. The quantitative estimate of drug-likeness (QED) is 0.130. The van der Waals surface area contributed by atoms with Gasteiger partial charge in [-0.3, -0.25) is 0 Å². The third kappa shape index (κ3) is 7.40. The van der Waals surface area contributed by atoms with Crippen molar-refractivity contribution in [3.05, 3.63) is 181 Å².